The number of aryl methyl sites for hydroxylation is 2. The summed E-state index contributed by atoms with van der Waals surface area (Å²) >= 11 is 6.02. The molecule has 3 aromatic rings. The Morgan fingerprint density at radius 2 is 2.00 bits per heavy atom. The van der Waals surface area contributed by atoms with Crippen LogP contribution in [0, 0.1) is 6.92 Å². The average molecular weight is 440 g/mol. The normalized spacial score (nSPS) is 11.3. The molecule has 0 spiro atoms. The number of benzene rings is 2. The Hall–Kier alpha value is -3.32. The molecule has 0 saturated heterocycles. The van der Waals surface area contributed by atoms with Gasteiger partial charge in [0.2, 0.25) is 5.96 Å². The van der Waals surface area contributed by atoms with Crippen LogP contribution in [-0.4, -0.2) is 28.8 Å². The smallest absolute Gasteiger partial charge is 0.258 e. The summed E-state index contributed by atoms with van der Waals surface area (Å²) in [6.45, 7) is 5.30. The number of carbonyl (C=O) groups is 1. The van der Waals surface area contributed by atoms with Crippen molar-refractivity contribution >= 4 is 29.2 Å². The standard InChI is InChI=1S/C23H26ClN5O2/c1-4-12-29-15-18(16(2)28-29)14-25-23(26-20-8-10-21(31-3)11-9-20)27-22(30)17-6-5-7-19(24)13-17/h5-11,13,15H,4,12,14H2,1-3H3,(H2,25,26,27,30). The lowest BCUT2D eigenvalue weighted by Crippen LogP contribution is -2.36. The van der Waals surface area contributed by atoms with Crippen molar-refractivity contribution in [2.75, 3.05) is 12.4 Å². The van der Waals surface area contributed by atoms with Crippen LogP contribution in [0.2, 0.25) is 5.02 Å². The van der Waals surface area contributed by atoms with Crippen LogP contribution in [0.1, 0.15) is 35.0 Å². The van der Waals surface area contributed by atoms with Gasteiger partial charge in [0, 0.05) is 34.6 Å². The molecule has 0 unspecified atom stereocenters. The van der Waals surface area contributed by atoms with Crippen molar-refractivity contribution in [2.45, 2.75) is 33.4 Å². The number of nitrogens with zero attached hydrogens (tertiary/aromatic N) is 3. The van der Waals surface area contributed by atoms with E-state index in [0.717, 1.165) is 35.7 Å². The molecule has 8 heteroatoms. The number of aliphatic imine (C=N–C) groups is 1. The van der Waals surface area contributed by atoms with Gasteiger partial charge < -0.3 is 10.1 Å². The van der Waals surface area contributed by atoms with E-state index >= 15 is 0 Å². The summed E-state index contributed by atoms with van der Waals surface area (Å²) < 4.78 is 7.12. The number of methoxy groups -OCH3 is 1. The fourth-order valence-corrected chi connectivity index (χ4v) is 3.14. The third-order valence-corrected chi connectivity index (χ3v) is 4.81. The molecule has 31 heavy (non-hydrogen) atoms. The van der Waals surface area contributed by atoms with Gasteiger partial charge in [0.25, 0.3) is 5.91 Å². The summed E-state index contributed by atoms with van der Waals surface area (Å²) in [5, 5.41) is 11.0. The SMILES string of the molecule is CCCn1cc(CN=C(NC(=O)c2cccc(Cl)c2)Nc2ccc(OC)cc2)c(C)n1. The first kappa shape index (κ1) is 22.4. The molecule has 0 aliphatic heterocycles. The van der Waals surface area contributed by atoms with E-state index in [-0.39, 0.29) is 5.91 Å². The van der Waals surface area contributed by atoms with E-state index in [2.05, 4.69) is 27.6 Å². The van der Waals surface area contributed by atoms with E-state index in [1.165, 1.54) is 0 Å². The van der Waals surface area contributed by atoms with Gasteiger partial charge in [-0.1, -0.05) is 24.6 Å². The quantitative estimate of drug-likeness (QED) is 0.414. The van der Waals surface area contributed by atoms with Crippen molar-refractivity contribution in [1.82, 2.24) is 15.1 Å². The van der Waals surface area contributed by atoms with Gasteiger partial charge in [0.15, 0.2) is 0 Å². The minimum Gasteiger partial charge on any atom is -0.497 e. The molecule has 0 radical (unpaired) electrons. The molecule has 0 fully saturated rings. The Labute approximate surface area is 187 Å². The zero-order valence-electron chi connectivity index (χ0n) is 17.9. The second-order valence-electron chi connectivity index (χ2n) is 6.99. The molecule has 3 rings (SSSR count). The van der Waals surface area contributed by atoms with Crippen LogP contribution in [0.4, 0.5) is 5.69 Å². The summed E-state index contributed by atoms with van der Waals surface area (Å²) in [5.74, 6) is 0.768. The number of nitrogens with one attached hydrogen (secondary N) is 2. The number of carbonyl (C=O) groups excluding carboxylic acids is 1. The first-order valence-electron chi connectivity index (χ1n) is 10.0. The van der Waals surface area contributed by atoms with Gasteiger partial charge in [0.1, 0.15) is 5.75 Å². The summed E-state index contributed by atoms with van der Waals surface area (Å²) in [7, 11) is 1.61. The lowest BCUT2D eigenvalue weighted by Gasteiger charge is -2.12. The van der Waals surface area contributed by atoms with E-state index in [1.807, 2.05) is 42.1 Å². The second-order valence-corrected chi connectivity index (χ2v) is 7.42. The van der Waals surface area contributed by atoms with Gasteiger partial charge >= 0.3 is 0 Å². The van der Waals surface area contributed by atoms with E-state index in [9.17, 15) is 4.79 Å². The van der Waals surface area contributed by atoms with Crippen molar-refractivity contribution < 1.29 is 9.53 Å². The zero-order chi connectivity index (χ0) is 22.2. The molecule has 2 aromatic carbocycles. The molecule has 162 valence electrons. The third kappa shape index (κ3) is 6.33. The van der Waals surface area contributed by atoms with Crippen LogP contribution in [-0.2, 0) is 13.1 Å². The number of ether oxygens (including phenoxy) is 1. The molecule has 0 saturated carbocycles. The molecule has 1 aromatic heterocycles. The number of amides is 1. The largest absolute Gasteiger partial charge is 0.497 e. The summed E-state index contributed by atoms with van der Waals surface area (Å²) in [4.78, 5) is 17.3. The van der Waals surface area contributed by atoms with E-state index < -0.39 is 0 Å². The Morgan fingerprint density at radius 3 is 2.68 bits per heavy atom. The van der Waals surface area contributed by atoms with Crippen molar-refractivity contribution in [1.29, 1.82) is 0 Å². The van der Waals surface area contributed by atoms with Crippen molar-refractivity contribution in [3.8, 4) is 5.75 Å². The number of guanidine groups is 1. The summed E-state index contributed by atoms with van der Waals surface area (Å²) in [5.41, 5.74) is 3.13. The van der Waals surface area contributed by atoms with Crippen LogP contribution in [0.5, 0.6) is 5.75 Å². The maximum absolute atomic E-state index is 12.7. The number of aromatic nitrogens is 2. The van der Waals surface area contributed by atoms with Crippen LogP contribution in [0.25, 0.3) is 0 Å². The molecular weight excluding hydrogens is 414 g/mol. The van der Waals surface area contributed by atoms with E-state index in [1.54, 1.807) is 31.4 Å². The Balaban J connectivity index is 1.81. The highest BCUT2D eigenvalue weighted by molar-refractivity contribution is 6.31. The van der Waals surface area contributed by atoms with Gasteiger partial charge in [-0.15, -0.1) is 0 Å². The topological polar surface area (TPSA) is 80.5 Å². The maximum Gasteiger partial charge on any atom is 0.258 e. The van der Waals surface area contributed by atoms with Gasteiger partial charge in [-0.05, 0) is 55.8 Å². The Morgan fingerprint density at radius 1 is 1.23 bits per heavy atom. The van der Waals surface area contributed by atoms with E-state index in [4.69, 9.17) is 16.3 Å². The van der Waals surface area contributed by atoms with Gasteiger partial charge in [-0.2, -0.15) is 5.10 Å². The fraction of sp³-hybridized carbons (Fsp3) is 0.261. The van der Waals surface area contributed by atoms with Crippen LogP contribution < -0.4 is 15.4 Å². The van der Waals surface area contributed by atoms with Crippen LogP contribution in [0.3, 0.4) is 0 Å². The van der Waals surface area contributed by atoms with Crippen LogP contribution in [0.15, 0.2) is 59.7 Å². The van der Waals surface area contributed by atoms with Gasteiger partial charge in [0.05, 0.1) is 19.3 Å². The predicted molar refractivity (Wildman–Crippen MR) is 124 cm³/mol. The molecular formula is C23H26ClN5O2. The molecule has 1 heterocycles. The number of hydrogen-bond acceptors (Lipinski definition) is 4. The molecule has 0 aliphatic rings. The first-order chi connectivity index (χ1) is 15.0. The lowest BCUT2D eigenvalue weighted by atomic mass is 10.2. The highest BCUT2D eigenvalue weighted by Crippen LogP contribution is 2.16. The number of anilines is 1. The number of rotatable bonds is 7. The molecule has 7 nitrogen and oxygen atoms in total. The summed E-state index contributed by atoms with van der Waals surface area (Å²) in [6.07, 6.45) is 3.00. The second kappa shape index (κ2) is 10.6. The van der Waals surface area contributed by atoms with E-state index in [0.29, 0.717) is 23.1 Å². The third-order valence-electron chi connectivity index (χ3n) is 4.58. The van der Waals surface area contributed by atoms with Crippen LogP contribution >= 0.6 is 11.6 Å². The monoisotopic (exact) mass is 439 g/mol. The predicted octanol–water partition coefficient (Wildman–Crippen LogP) is 4.66. The molecule has 0 bridgehead atoms. The molecule has 0 aliphatic carbocycles. The van der Waals surface area contributed by atoms with Crippen molar-refractivity contribution in [3.05, 3.63) is 76.6 Å². The summed E-state index contributed by atoms with van der Waals surface area (Å²) in [6, 6.07) is 14.1. The zero-order valence-corrected chi connectivity index (χ0v) is 18.6. The fourth-order valence-electron chi connectivity index (χ4n) is 2.95. The minimum absolute atomic E-state index is 0.305. The highest BCUT2D eigenvalue weighted by Gasteiger charge is 2.11. The van der Waals surface area contributed by atoms with Crippen molar-refractivity contribution in [3.63, 3.8) is 0 Å². The Kier molecular flexibility index (Phi) is 7.67. The average Bonchev–Trinajstić information content (AvgIpc) is 3.11. The maximum atomic E-state index is 12.7. The molecule has 0 atom stereocenters. The number of halogens is 1. The van der Waals surface area contributed by atoms with Gasteiger partial charge in [-0.25, -0.2) is 4.99 Å². The first-order valence-corrected chi connectivity index (χ1v) is 10.4. The Bertz CT molecular complexity index is 1060. The highest BCUT2D eigenvalue weighted by atomic mass is 35.5. The molecule has 1 amide bonds. The minimum atomic E-state index is -0.305. The number of hydrogen-bond donors (Lipinski definition) is 2. The lowest BCUT2D eigenvalue weighted by molar-refractivity contribution is 0.0977. The molecule has 2 N–H and O–H groups in total. The van der Waals surface area contributed by atoms with Crippen molar-refractivity contribution in [2.24, 2.45) is 4.99 Å². The van der Waals surface area contributed by atoms with Gasteiger partial charge in [-0.3, -0.25) is 14.8 Å².